The molecule has 0 radical (unpaired) electrons. The number of hydrogen-bond donors (Lipinski definition) is 1. The molecular formula is C24H25NO3. The minimum Gasteiger partial charge on any atom is -0.497 e. The summed E-state index contributed by atoms with van der Waals surface area (Å²) in [6.45, 7) is 3.79. The zero-order valence-electron chi connectivity index (χ0n) is 16.4. The zero-order valence-corrected chi connectivity index (χ0v) is 16.4. The van der Waals surface area contributed by atoms with Gasteiger partial charge in [0.2, 0.25) is 0 Å². The Morgan fingerprint density at radius 3 is 2.00 bits per heavy atom. The molecule has 3 rings (SSSR count). The minimum atomic E-state index is -0.634. The van der Waals surface area contributed by atoms with Gasteiger partial charge in [0.25, 0.3) is 5.91 Å². The van der Waals surface area contributed by atoms with Crippen LogP contribution < -0.4 is 14.8 Å². The molecule has 4 nitrogen and oxygen atoms in total. The number of carbonyl (C=O) groups excluding carboxylic acids is 1. The number of nitrogens with one attached hydrogen (secondary N) is 1. The standard InChI is InChI=1S/C24H25NO3/c1-17-9-11-20(12-10-17)23(19-7-5-4-6-8-19)25-24(26)18(2)28-22-15-13-21(27-3)14-16-22/h4-16,18,23H,1-3H3,(H,25,26)/t18-,23+/m1/s1. The van der Waals surface area contributed by atoms with Gasteiger partial charge in [-0.15, -0.1) is 0 Å². The summed E-state index contributed by atoms with van der Waals surface area (Å²) in [5.41, 5.74) is 3.23. The van der Waals surface area contributed by atoms with Crippen LogP contribution in [0.25, 0.3) is 0 Å². The Kier molecular flexibility index (Phi) is 6.33. The van der Waals surface area contributed by atoms with E-state index >= 15 is 0 Å². The molecule has 144 valence electrons. The van der Waals surface area contributed by atoms with Gasteiger partial charge in [-0.1, -0.05) is 60.2 Å². The lowest BCUT2D eigenvalue weighted by atomic mass is 9.97. The smallest absolute Gasteiger partial charge is 0.261 e. The van der Waals surface area contributed by atoms with Gasteiger partial charge in [-0.05, 0) is 49.2 Å². The summed E-state index contributed by atoms with van der Waals surface area (Å²) >= 11 is 0. The fourth-order valence-corrected chi connectivity index (χ4v) is 2.94. The second kappa shape index (κ2) is 9.09. The molecule has 4 heteroatoms. The SMILES string of the molecule is COc1ccc(O[C@H](C)C(=O)N[C@@H](c2ccccc2)c2ccc(C)cc2)cc1. The van der Waals surface area contributed by atoms with E-state index in [-0.39, 0.29) is 11.9 Å². The van der Waals surface area contributed by atoms with Crippen molar-refractivity contribution in [2.45, 2.75) is 26.0 Å². The third-order valence-electron chi connectivity index (χ3n) is 4.57. The molecule has 0 heterocycles. The van der Waals surface area contributed by atoms with Crippen LogP contribution >= 0.6 is 0 Å². The Labute approximate surface area is 166 Å². The lowest BCUT2D eigenvalue weighted by molar-refractivity contribution is -0.127. The minimum absolute atomic E-state index is 0.176. The van der Waals surface area contributed by atoms with Crippen molar-refractivity contribution in [1.29, 1.82) is 0 Å². The molecular weight excluding hydrogens is 350 g/mol. The Bertz CT molecular complexity index is 889. The largest absolute Gasteiger partial charge is 0.497 e. The van der Waals surface area contributed by atoms with E-state index in [1.54, 1.807) is 38.3 Å². The first-order chi connectivity index (χ1) is 13.6. The van der Waals surface area contributed by atoms with Gasteiger partial charge in [-0.2, -0.15) is 0 Å². The first-order valence-corrected chi connectivity index (χ1v) is 9.29. The van der Waals surface area contributed by atoms with E-state index < -0.39 is 6.10 Å². The van der Waals surface area contributed by atoms with Crippen LogP contribution in [0.5, 0.6) is 11.5 Å². The highest BCUT2D eigenvalue weighted by molar-refractivity contribution is 5.81. The molecule has 3 aromatic carbocycles. The summed E-state index contributed by atoms with van der Waals surface area (Å²) in [5.74, 6) is 1.19. The average Bonchev–Trinajstić information content (AvgIpc) is 2.73. The molecule has 0 aliphatic carbocycles. The molecule has 28 heavy (non-hydrogen) atoms. The molecule has 0 fully saturated rings. The van der Waals surface area contributed by atoms with Crippen LogP contribution in [0.15, 0.2) is 78.9 Å². The Balaban J connectivity index is 1.75. The lowest BCUT2D eigenvalue weighted by Gasteiger charge is -2.23. The van der Waals surface area contributed by atoms with Gasteiger partial charge in [0, 0.05) is 0 Å². The number of aryl methyl sites for hydroxylation is 1. The van der Waals surface area contributed by atoms with E-state index in [1.165, 1.54) is 5.56 Å². The van der Waals surface area contributed by atoms with Crippen molar-refractivity contribution in [3.63, 3.8) is 0 Å². The summed E-state index contributed by atoms with van der Waals surface area (Å²) in [4.78, 5) is 12.8. The molecule has 0 aromatic heterocycles. The number of hydrogen-bond acceptors (Lipinski definition) is 3. The third kappa shape index (κ3) is 4.92. The molecule has 0 saturated carbocycles. The maximum absolute atomic E-state index is 12.8. The van der Waals surface area contributed by atoms with E-state index in [0.717, 1.165) is 16.9 Å². The highest BCUT2D eigenvalue weighted by atomic mass is 16.5. The van der Waals surface area contributed by atoms with Crippen LogP contribution in [0.1, 0.15) is 29.7 Å². The van der Waals surface area contributed by atoms with Gasteiger partial charge in [0.05, 0.1) is 13.2 Å². The van der Waals surface area contributed by atoms with Crippen molar-refractivity contribution >= 4 is 5.91 Å². The summed E-state index contributed by atoms with van der Waals surface area (Å²) in [5, 5.41) is 3.12. The summed E-state index contributed by atoms with van der Waals surface area (Å²) < 4.78 is 10.9. The predicted octanol–water partition coefficient (Wildman–Crippen LogP) is 4.68. The van der Waals surface area contributed by atoms with Gasteiger partial charge in [-0.3, -0.25) is 4.79 Å². The molecule has 0 aliphatic heterocycles. The maximum Gasteiger partial charge on any atom is 0.261 e. The first-order valence-electron chi connectivity index (χ1n) is 9.29. The summed E-state index contributed by atoms with van der Waals surface area (Å²) in [7, 11) is 1.61. The van der Waals surface area contributed by atoms with Crippen LogP contribution in [0.4, 0.5) is 0 Å². The van der Waals surface area contributed by atoms with Crippen LogP contribution in [0, 0.1) is 6.92 Å². The molecule has 0 saturated heterocycles. The predicted molar refractivity (Wildman–Crippen MR) is 111 cm³/mol. The van der Waals surface area contributed by atoms with Crippen LogP contribution in [-0.2, 0) is 4.79 Å². The van der Waals surface area contributed by atoms with E-state index in [0.29, 0.717) is 5.75 Å². The van der Waals surface area contributed by atoms with E-state index in [2.05, 4.69) is 17.4 Å². The fraction of sp³-hybridized carbons (Fsp3) is 0.208. The zero-order chi connectivity index (χ0) is 19.9. The van der Waals surface area contributed by atoms with Crippen LogP contribution in [-0.4, -0.2) is 19.1 Å². The Morgan fingerprint density at radius 2 is 1.39 bits per heavy atom. The molecule has 0 bridgehead atoms. The van der Waals surface area contributed by atoms with Crippen molar-refractivity contribution in [1.82, 2.24) is 5.32 Å². The molecule has 1 N–H and O–H groups in total. The van der Waals surface area contributed by atoms with Crippen molar-refractivity contribution in [3.05, 3.63) is 95.6 Å². The highest BCUT2D eigenvalue weighted by Crippen LogP contribution is 2.23. The van der Waals surface area contributed by atoms with Crippen molar-refractivity contribution in [2.24, 2.45) is 0 Å². The average molecular weight is 375 g/mol. The van der Waals surface area contributed by atoms with Crippen molar-refractivity contribution in [2.75, 3.05) is 7.11 Å². The van der Waals surface area contributed by atoms with Gasteiger partial charge in [0.15, 0.2) is 6.10 Å². The number of ether oxygens (including phenoxy) is 2. The topological polar surface area (TPSA) is 47.6 Å². The van der Waals surface area contributed by atoms with Gasteiger partial charge in [0.1, 0.15) is 11.5 Å². The van der Waals surface area contributed by atoms with Crippen molar-refractivity contribution in [3.8, 4) is 11.5 Å². The number of methoxy groups -OCH3 is 1. The lowest BCUT2D eigenvalue weighted by Crippen LogP contribution is -2.39. The van der Waals surface area contributed by atoms with Crippen LogP contribution in [0.3, 0.4) is 0 Å². The molecule has 0 spiro atoms. The summed E-state index contributed by atoms with van der Waals surface area (Å²) in [6.07, 6.45) is -0.634. The number of rotatable bonds is 7. The second-order valence-corrected chi connectivity index (χ2v) is 6.70. The third-order valence-corrected chi connectivity index (χ3v) is 4.57. The normalized spacial score (nSPS) is 12.7. The number of amides is 1. The molecule has 2 atom stereocenters. The van der Waals surface area contributed by atoms with Crippen LogP contribution in [0.2, 0.25) is 0 Å². The maximum atomic E-state index is 12.8. The molecule has 3 aromatic rings. The van der Waals surface area contributed by atoms with Gasteiger partial charge in [-0.25, -0.2) is 0 Å². The van der Waals surface area contributed by atoms with E-state index in [1.807, 2.05) is 49.4 Å². The monoisotopic (exact) mass is 375 g/mol. The first kappa shape index (κ1) is 19.5. The van der Waals surface area contributed by atoms with E-state index in [4.69, 9.17) is 9.47 Å². The van der Waals surface area contributed by atoms with Gasteiger partial charge >= 0.3 is 0 Å². The summed E-state index contributed by atoms with van der Waals surface area (Å²) in [6, 6.07) is 25.1. The van der Waals surface area contributed by atoms with E-state index in [9.17, 15) is 4.79 Å². The Morgan fingerprint density at radius 1 is 0.821 bits per heavy atom. The number of benzene rings is 3. The number of carbonyl (C=O) groups is 1. The van der Waals surface area contributed by atoms with Crippen molar-refractivity contribution < 1.29 is 14.3 Å². The molecule has 1 amide bonds. The Hall–Kier alpha value is -3.27. The fourth-order valence-electron chi connectivity index (χ4n) is 2.94. The quantitative estimate of drug-likeness (QED) is 0.652. The highest BCUT2D eigenvalue weighted by Gasteiger charge is 2.21. The second-order valence-electron chi connectivity index (χ2n) is 6.70. The molecule has 0 aliphatic rings. The van der Waals surface area contributed by atoms with Gasteiger partial charge < -0.3 is 14.8 Å². The molecule has 0 unspecified atom stereocenters.